The number of ether oxygens (including phenoxy) is 1. The summed E-state index contributed by atoms with van der Waals surface area (Å²) < 4.78 is 32.4. The summed E-state index contributed by atoms with van der Waals surface area (Å²) in [6, 6.07) is 0. The smallest absolute Gasteiger partial charge is 0.363 e. The van der Waals surface area contributed by atoms with Gasteiger partial charge in [0.15, 0.2) is 0 Å². The second-order valence-electron chi connectivity index (χ2n) is 1.79. The second-order valence-corrected chi connectivity index (χ2v) is 3.25. The van der Waals surface area contributed by atoms with Gasteiger partial charge in [-0.25, -0.2) is 4.79 Å². The molecule has 0 aliphatic rings. The standard InChI is InChI=1S/C4H6O7S/c1-2(5)11-4(3(6)7)12(8,9)10/h4H,1H3,(H,6,7)(H,8,9,10). The third-order valence-electron chi connectivity index (χ3n) is 0.745. The number of carbonyl (C=O) groups excluding carboxylic acids is 1. The molecule has 0 aromatic carbocycles. The van der Waals surface area contributed by atoms with E-state index < -0.39 is 27.5 Å². The molecule has 0 aromatic heterocycles. The molecular weight excluding hydrogens is 192 g/mol. The largest absolute Gasteiger partial charge is 0.478 e. The number of aliphatic carboxylic acids is 1. The maximum Gasteiger partial charge on any atom is 0.363 e. The van der Waals surface area contributed by atoms with Crippen molar-refractivity contribution in [1.29, 1.82) is 0 Å². The van der Waals surface area contributed by atoms with Gasteiger partial charge in [-0.2, -0.15) is 8.42 Å². The van der Waals surface area contributed by atoms with E-state index in [4.69, 9.17) is 9.66 Å². The molecule has 0 heterocycles. The highest BCUT2D eigenvalue weighted by Crippen LogP contribution is 2.01. The number of rotatable bonds is 3. The van der Waals surface area contributed by atoms with Gasteiger partial charge in [-0.05, 0) is 0 Å². The Balaban J connectivity index is 4.70. The van der Waals surface area contributed by atoms with Crippen molar-refractivity contribution in [3.8, 4) is 0 Å². The molecule has 0 bridgehead atoms. The molecule has 0 radical (unpaired) electrons. The van der Waals surface area contributed by atoms with Crippen LogP contribution in [0.3, 0.4) is 0 Å². The maximum atomic E-state index is 10.2. The van der Waals surface area contributed by atoms with Crippen molar-refractivity contribution in [2.45, 2.75) is 12.4 Å². The van der Waals surface area contributed by atoms with Gasteiger partial charge in [0.25, 0.3) is 0 Å². The predicted molar refractivity (Wildman–Crippen MR) is 34.7 cm³/mol. The van der Waals surface area contributed by atoms with Crippen molar-refractivity contribution < 1.29 is 32.4 Å². The average Bonchev–Trinajstić information content (AvgIpc) is 1.79. The molecule has 0 aliphatic heterocycles. The molecule has 0 amide bonds. The van der Waals surface area contributed by atoms with E-state index in [1.165, 1.54) is 0 Å². The highest BCUT2D eigenvalue weighted by atomic mass is 32.2. The Bertz CT molecular complexity index is 289. The molecule has 0 saturated heterocycles. The van der Waals surface area contributed by atoms with Crippen molar-refractivity contribution in [2.75, 3.05) is 0 Å². The van der Waals surface area contributed by atoms with E-state index >= 15 is 0 Å². The van der Waals surface area contributed by atoms with Gasteiger partial charge in [-0.15, -0.1) is 0 Å². The maximum absolute atomic E-state index is 10.2. The van der Waals surface area contributed by atoms with Crippen molar-refractivity contribution in [2.24, 2.45) is 0 Å². The van der Waals surface area contributed by atoms with Crippen LogP contribution in [0, 0.1) is 0 Å². The van der Waals surface area contributed by atoms with Crippen molar-refractivity contribution in [1.82, 2.24) is 0 Å². The highest BCUT2D eigenvalue weighted by Gasteiger charge is 2.33. The van der Waals surface area contributed by atoms with E-state index in [0.717, 1.165) is 6.92 Å². The average molecular weight is 198 g/mol. The molecular formula is C4H6O7S. The van der Waals surface area contributed by atoms with Crippen LogP contribution < -0.4 is 0 Å². The van der Waals surface area contributed by atoms with E-state index in [9.17, 15) is 18.0 Å². The number of carboxylic acid groups (broad SMARTS) is 1. The normalized spacial score (nSPS) is 13.5. The number of esters is 1. The molecule has 0 spiro atoms. The molecule has 7 nitrogen and oxygen atoms in total. The van der Waals surface area contributed by atoms with Crippen LogP contribution in [-0.2, 0) is 24.4 Å². The fourth-order valence-electron chi connectivity index (χ4n) is 0.389. The minimum absolute atomic E-state index is 0.821. The van der Waals surface area contributed by atoms with Gasteiger partial charge in [0.1, 0.15) is 0 Å². The number of hydrogen-bond acceptors (Lipinski definition) is 5. The minimum atomic E-state index is -4.90. The van der Waals surface area contributed by atoms with E-state index in [1.807, 2.05) is 0 Å². The Morgan fingerprint density at radius 2 is 1.83 bits per heavy atom. The lowest BCUT2D eigenvalue weighted by molar-refractivity contribution is -0.157. The number of hydrogen-bond donors (Lipinski definition) is 2. The first-order chi connectivity index (χ1) is 5.25. The Morgan fingerprint density at radius 3 is 1.92 bits per heavy atom. The van der Waals surface area contributed by atoms with Crippen LogP contribution in [0.1, 0.15) is 6.92 Å². The van der Waals surface area contributed by atoms with Crippen LogP contribution in [0.15, 0.2) is 0 Å². The molecule has 0 saturated carbocycles. The first kappa shape index (κ1) is 10.8. The van der Waals surface area contributed by atoms with Gasteiger partial charge in [0.05, 0.1) is 0 Å². The summed E-state index contributed by atoms with van der Waals surface area (Å²) in [5.41, 5.74) is -2.55. The van der Waals surface area contributed by atoms with Crippen molar-refractivity contribution in [3.05, 3.63) is 0 Å². The molecule has 1 unspecified atom stereocenters. The van der Waals surface area contributed by atoms with Crippen LogP contribution in [0.5, 0.6) is 0 Å². The lowest BCUT2D eigenvalue weighted by Gasteiger charge is -2.07. The lowest BCUT2D eigenvalue weighted by atomic mass is 10.7. The zero-order chi connectivity index (χ0) is 9.94. The fourth-order valence-corrected chi connectivity index (χ4v) is 0.901. The van der Waals surface area contributed by atoms with Crippen LogP contribution in [0.4, 0.5) is 0 Å². The molecule has 1 atom stereocenters. The van der Waals surface area contributed by atoms with Crippen molar-refractivity contribution >= 4 is 22.1 Å². The Hall–Kier alpha value is -1.15. The zero-order valence-corrected chi connectivity index (χ0v) is 6.74. The van der Waals surface area contributed by atoms with Gasteiger partial charge in [-0.3, -0.25) is 9.35 Å². The summed E-state index contributed by atoms with van der Waals surface area (Å²) in [6.45, 7) is 0.821. The van der Waals surface area contributed by atoms with E-state index in [0.29, 0.717) is 0 Å². The predicted octanol–water partition coefficient (Wildman–Crippen LogP) is -1.15. The van der Waals surface area contributed by atoms with Gasteiger partial charge >= 0.3 is 27.5 Å². The first-order valence-electron chi connectivity index (χ1n) is 2.61. The van der Waals surface area contributed by atoms with E-state index in [-0.39, 0.29) is 0 Å². The first-order valence-corrected chi connectivity index (χ1v) is 4.12. The Morgan fingerprint density at radius 1 is 1.42 bits per heavy atom. The summed E-state index contributed by atoms with van der Waals surface area (Å²) in [6.07, 6.45) is 0. The summed E-state index contributed by atoms with van der Waals surface area (Å²) in [5.74, 6) is -3.06. The van der Waals surface area contributed by atoms with E-state index in [1.54, 1.807) is 0 Å². The summed E-state index contributed by atoms with van der Waals surface area (Å²) in [7, 11) is -4.90. The molecule has 12 heavy (non-hydrogen) atoms. The molecule has 8 heteroatoms. The third kappa shape index (κ3) is 3.30. The Labute approximate surface area is 67.7 Å². The van der Waals surface area contributed by atoms with E-state index in [2.05, 4.69) is 4.74 Å². The summed E-state index contributed by atoms with van der Waals surface area (Å²) >= 11 is 0. The van der Waals surface area contributed by atoms with Gasteiger partial charge < -0.3 is 9.84 Å². The number of carboxylic acids is 1. The molecule has 70 valence electrons. The summed E-state index contributed by atoms with van der Waals surface area (Å²) in [5, 5.41) is 8.14. The Kier molecular flexibility index (Phi) is 3.16. The van der Waals surface area contributed by atoms with Gasteiger partial charge in [-0.1, -0.05) is 0 Å². The van der Waals surface area contributed by atoms with Gasteiger partial charge in [0.2, 0.25) is 0 Å². The highest BCUT2D eigenvalue weighted by molar-refractivity contribution is 7.87. The fraction of sp³-hybridized carbons (Fsp3) is 0.500. The van der Waals surface area contributed by atoms with Crippen LogP contribution in [0.25, 0.3) is 0 Å². The van der Waals surface area contributed by atoms with Gasteiger partial charge in [0, 0.05) is 6.92 Å². The summed E-state index contributed by atoms with van der Waals surface area (Å²) in [4.78, 5) is 20.2. The van der Waals surface area contributed by atoms with Crippen LogP contribution >= 0.6 is 0 Å². The molecule has 2 N–H and O–H groups in total. The second kappa shape index (κ2) is 3.50. The monoisotopic (exact) mass is 198 g/mol. The topological polar surface area (TPSA) is 118 Å². The van der Waals surface area contributed by atoms with Crippen LogP contribution in [-0.4, -0.2) is 35.5 Å². The molecule has 0 rings (SSSR count). The minimum Gasteiger partial charge on any atom is -0.478 e. The van der Waals surface area contributed by atoms with Crippen molar-refractivity contribution in [3.63, 3.8) is 0 Å². The molecule has 0 aromatic rings. The zero-order valence-electron chi connectivity index (χ0n) is 5.92. The van der Waals surface area contributed by atoms with Crippen LogP contribution in [0.2, 0.25) is 0 Å². The number of carbonyl (C=O) groups is 2. The molecule has 0 fully saturated rings. The SMILES string of the molecule is CC(=O)OC(C(=O)O)S(=O)(=O)O. The third-order valence-corrected chi connectivity index (χ3v) is 1.58. The quantitative estimate of drug-likeness (QED) is 0.434. The lowest BCUT2D eigenvalue weighted by Crippen LogP contribution is -2.33. The molecule has 0 aliphatic carbocycles.